The van der Waals surface area contributed by atoms with E-state index in [9.17, 15) is 4.79 Å². The van der Waals surface area contributed by atoms with Crippen molar-refractivity contribution < 1.29 is 4.79 Å². The van der Waals surface area contributed by atoms with Gasteiger partial charge >= 0.3 is 0 Å². The summed E-state index contributed by atoms with van der Waals surface area (Å²) in [6, 6.07) is 15.9. The molecule has 0 saturated heterocycles. The quantitative estimate of drug-likeness (QED) is 0.856. The molecule has 2 aromatic carbocycles. The zero-order valence-electron chi connectivity index (χ0n) is 12.8. The van der Waals surface area contributed by atoms with E-state index in [0.717, 1.165) is 18.5 Å². The van der Waals surface area contributed by atoms with Crippen LogP contribution in [0.5, 0.6) is 0 Å². The fourth-order valence-corrected chi connectivity index (χ4v) is 2.92. The van der Waals surface area contributed by atoms with Crippen molar-refractivity contribution >= 4 is 23.0 Å². The van der Waals surface area contributed by atoms with E-state index in [4.69, 9.17) is 5.73 Å². The first-order valence-electron chi connectivity index (χ1n) is 7.63. The molecule has 1 amide bonds. The van der Waals surface area contributed by atoms with Crippen LogP contribution in [-0.4, -0.2) is 18.5 Å². The number of anilines is 3. The standard InChI is InChI=1S/C18H21N3O/c1-13-6-7-14-4-2-3-5-17(14)21(13)12-18(22)20-16-10-8-15(19)9-11-16/h2-5,8-11,13H,6-7,12,19H2,1H3,(H,20,22). The van der Waals surface area contributed by atoms with E-state index in [1.807, 2.05) is 18.2 Å². The second kappa shape index (κ2) is 6.10. The van der Waals surface area contributed by atoms with Gasteiger partial charge in [0.25, 0.3) is 0 Å². The Bertz CT molecular complexity index is 666. The second-order valence-electron chi connectivity index (χ2n) is 5.81. The summed E-state index contributed by atoms with van der Waals surface area (Å²) < 4.78 is 0. The van der Waals surface area contributed by atoms with Crippen LogP contribution < -0.4 is 16.0 Å². The lowest BCUT2D eigenvalue weighted by Gasteiger charge is -2.36. The normalized spacial score (nSPS) is 17.0. The number of carbonyl (C=O) groups is 1. The molecule has 4 heteroatoms. The van der Waals surface area contributed by atoms with E-state index in [2.05, 4.69) is 35.3 Å². The number of hydrogen-bond acceptors (Lipinski definition) is 3. The Morgan fingerprint density at radius 2 is 1.95 bits per heavy atom. The van der Waals surface area contributed by atoms with E-state index in [1.54, 1.807) is 12.1 Å². The van der Waals surface area contributed by atoms with Crippen molar-refractivity contribution in [1.29, 1.82) is 0 Å². The SMILES string of the molecule is CC1CCc2ccccc2N1CC(=O)Nc1ccc(N)cc1. The first-order chi connectivity index (χ1) is 10.6. The number of nitrogens with zero attached hydrogens (tertiary/aromatic N) is 1. The van der Waals surface area contributed by atoms with Crippen molar-refractivity contribution in [2.45, 2.75) is 25.8 Å². The van der Waals surface area contributed by atoms with Crippen LogP contribution in [0.4, 0.5) is 17.1 Å². The Hall–Kier alpha value is -2.49. The van der Waals surface area contributed by atoms with E-state index in [-0.39, 0.29) is 5.91 Å². The molecular weight excluding hydrogens is 274 g/mol. The van der Waals surface area contributed by atoms with Crippen LogP contribution >= 0.6 is 0 Å². The molecule has 1 aliphatic rings. The average molecular weight is 295 g/mol. The first-order valence-corrected chi connectivity index (χ1v) is 7.63. The van der Waals surface area contributed by atoms with Gasteiger partial charge in [0, 0.05) is 23.1 Å². The van der Waals surface area contributed by atoms with E-state index >= 15 is 0 Å². The van der Waals surface area contributed by atoms with Crippen molar-refractivity contribution in [2.24, 2.45) is 0 Å². The number of fused-ring (bicyclic) bond motifs is 1. The highest BCUT2D eigenvalue weighted by Gasteiger charge is 2.24. The summed E-state index contributed by atoms with van der Waals surface area (Å²) in [5, 5.41) is 2.93. The zero-order chi connectivity index (χ0) is 15.5. The van der Waals surface area contributed by atoms with Gasteiger partial charge in [0.15, 0.2) is 0 Å². The Balaban J connectivity index is 1.72. The molecule has 0 saturated carbocycles. The lowest BCUT2D eigenvalue weighted by Crippen LogP contribution is -2.42. The Morgan fingerprint density at radius 1 is 1.23 bits per heavy atom. The van der Waals surface area contributed by atoms with E-state index < -0.39 is 0 Å². The van der Waals surface area contributed by atoms with Crippen molar-refractivity contribution in [3.05, 3.63) is 54.1 Å². The fraction of sp³-hybridized carbons (Fsp3) is 0.278. The number of nitrogen functional groups attached to an aromatic ring is 1. The van der Waals surface area contributed by atoms with Gasteiger partial charge in [-0.15, -0.1) is 0 Å². The largest absolute Gasteiger partial charge is 0.399 e. The van der Waals surface area contributed by atoms with Gasteiger partial charge in [0.05, 0.1) is 6.54 Å². The molecule has 1 heterocycles. The number of rotatable bonds is 3. The van der Waals surface area contributed by atoms with Crippen LogP contribution in [0.3, 0.4) is 0 Å². The van der Waals surface area contributed by atoms with Crippen molar-refractivity contribution in [3.63, 3.8) is 0 Å². The summed E-state index contributed by atoms with van der Waals surface area (Å²) in [5.41, 5.74) is 9.62. The smallest absolute Gasteiger partial charge is 0.243 e. The molecule has 4 nitrogen and oxygen atoms in total. The minimum atomic E-state index is -0.00618. The third-order valence-electron chi connectivity index (χ3n) is 4.17. The Labute approximate surface area is 130 Å². The summed E-state index contributed by atoms with van der Waals surface area (Å²) in [6.45, 7) is 2.54. The molecule has 0 bridgehead atoms. The minimum absolute atomic E-state index is 0.00618. The second-order valence-corrected chi connectivity index (χ2v) is 5.81. The van der Waals surface area contributed by atoms with E-state index in [1.165, 1.54) is 11.3 Å². The molecule has 3 N–H and O–H groups in total. The number of carbonyl (C=O) groups excluding carboxylic acids is 1. The number of aryl methyl sites for hydroxylation is 1. The molecule has 3 rings (SSSR count). The third-order valence-corrected chi connectivity index (χ3v) is 4.17. The highest BCUT2D eigenvalue weighted by Crippen LogP contribution is 2.30. The van der Waals surface area contributed by atoms with Crippen LogP contribution in [0.1, 0.15) is 18.9 Å². The molecular formula is C18H21N3O. The molecule has 1 atom stereocenters. The van der Waals surface area contributed by atoms with Crippen LogP contribution in [-0.2, 0) is 11.2 Å². The summed E-state index contributed by atoms with van der Waals surface area (Å²) in [6.07, 6.45) is 2.15. The van der Waals surface area contributed by atoms with Gasteiger partial charge in [0.1, 0.15) is 0 Å². The van der Waals surface area contributed by atoms with Gasteiger partial charge < -0.3 is 16.0 Å². The topological polar surface area (TPSA) is 58.4 Å². The lowest BCUT2D eigenvalue weighted by atomic mass is 9.96. The van der Waals surface area contributed by atoms with Crippen LogP contribution in [0.15, 0.2) is 48.5 Å². The van der Waals surface area contributed by atoms with Crippen molar-refractivity contribution in [2.75, 3.05) is 22.5 Å². The molecule has 0 fully saturated rings. The zero-order valence-corrected chi connectivity index (χ0v) is 12.8. The van der Waals surface area contributed by atoms with Gasteiger partial charge in [0.2, 0.25) is 5.91 Å². The number of nitrogens with one attached hydrogen (secondary N) is 1. The molecule has 2 aromatic rings. The van der Waals surface area contributed by atoms with Gasteiger partial charge in [-0.05, 0) is 55.7 Å². The van der Waals surface area contributed by atoms with Gasteiger partial charge in [-0.2, -0.15) is 0 Å². The van der Waals surface area contributed by atoms with Gasteiger partial charge in [-0.3, -0.25) is 4.79 Å². The first kappa shape index (κ1) is 14.4. The van der Waals surface area contributed by atoms with Gasteiger partial charge in [-0.1, -0.05) is 18.2 Å². The third kappa shape index (κ3) is 3.06. The Kier molecular flexibility index (Phi) is 4.00. The predicted molar refractivity (Wildman–Crippen MR) is 91.1 cm³/mol. The summed E-state index contributed by atoms with van der Waals surface area (Å²) in [5.74, 6) is -0.00618. The molecule has 22 heavy (non-hydrogen) atoms. The predicted octanol–water partition coefficient (Wildman–Crippen LogP) is 3.05. The number of benzene rings is 2. The maximum atomic E-state index is 12.3. The highest BCUT2D eigenvalue weighted by atomic mass is 16.2. The average Bonchev–Trinajstić information content (AvgIpc) is 2.52. The minimum Gasteiger partial charge on any atom is -0.399 e. The molecule has 0 aliphatic carbocycles. The van der Waals surface area contributed by atoms with Crippen LogP contribution in [0, 0.1) is 0 Å². The summed E-state index contributed by atoms with van der Waals surface area (Å²) >= 11 is 0. The number of amides is 1. The molecule has 1 aliphatic heterocycles. The Morgan fingerprint density at radius 3 is 2.73 bits per heavy atom. The van der Waals surface area contributed by atoms with Crippen LogP contribution in [0.2, 0.25) is 0 Å². The van der Waals surface area contributed by atoms with Crippen molar-refractivity contribution in [1.82, 2.24) is 0 Å². The van der Waals surface area contributed by atoms with E-state index in [0.29, 0.717) is 18.3 Å². The summed E-state index contributed by atoms with van der Waals surface area (Å²) in [7, 11) is 0. The van der Waals surface area contributed by atoms with Gasteiger partial charge in [-0.25, -0.2) is 0 Å². The maximum Gasteiger partial charge on any atom is 0.243 e. The maximum absolute atomic E-state index is 12.3. The highest BCUT2D eigenvalue weighted by molar-refractivity contribution is 5.94. The number of hydrogen-bond donors (Lipinski definition) is 2. The lowest BCUT2D eigenvalue weighted by molar-refractivity contribution is -0.115. The van der Waals surface area contributed by atoms with Crippen LogP contribution in [0.25, 0.3) is 0 Å². The molecule has 0 aromatic heterocycles. The fourth-order valence-electron chi connectivity index (χ4n) is 2.92. The molecule has 0 spiro atoms. The van der Waals surface area contributed by atoms with Crippen molar-refractivity contribution in [3.8, 4) is 0 Å². The molecule has 1 unspecified atom stereocenters. The number of nitrogens with two attached hydrogens (primary N) is 1. The molecule has 0 radical (unpaired) electrons. The monoisotopic (exact) mass is 295 g/mol. The molecule has 114 valence electrons. The number of para-hydroxylation sites is 1. The summed E-state index contributed by atoms with van der Waals surface area (Å²) in [4.78, 5) is 14.5.